The van der Waals surface area contributed by atoms with Crippen molar-refractivity contribution >= 4 is 59.9 Å². The predicted octanol–water partition coefficient (Wildman–Crippen LogP) is -0.226. The fraction of sp³-hybridized carbons (Fsp3) is 0.750. The molecule has 0 rings (SSSR count). The van der Waals surface area contributed by atoms with Gasteiger partial charge in [0.25, 0.3) is 0 Å². The molecule has 0 aromatic heterocycles. The molecule has 6 amide bonds. The van der Waals surface area contributed by atoms with Gasteiger partial charge in [-0.1, -0.05) is 55.4 Å². The molecule has 0 spiro atoms. The summed E-state index contributed by atoms with van der Waals surface area (Å²) in [7, 11) is 0. The van der Waals surface area contributed by atoms with Crippen LogP contribution in [0.3, 0.4) is 0 Å². The normalized spacial score (nSPS) is 14.0. The molecule has 0 aliphatic rings. The molecule has 6 atom stereocenters. The molecule has 0 aromatic rings. The summed E-state index contributed by atoms with van der Waals surface area (Å²) in [6, 6.07) is -5.47. The maximum absolute atomic E-state index is 13.5. The summed E-state index contributed by atoms with van der Waals surface area (Å²) in [4.78, 5) is 109. The number of guanidine groups is 2. The minimum atomic E-state index is -0.973. The van der Waals surface area contributed by atoms with Crippen LogP contribution >= 0.6 is 0 Å². The van der Waals surface area contributed by atoms with Crippen molar-refractivity contribution in [2.24, 2.45) is 68.1 Å². The summed E-state index contributed by atoms with van der Waals surface area (Å²) in [6.07, 6.45) is 3.93. The quantitative estimate of drug-likeness (QED) is 0.0219. The molecule has 0 unspecified atom stereocenters. The van der Waals surface area contributed by atoms with E-state index in [0.717, 1.165) is 0 Å². The molecule has 0 heterocycles. The van der Waals surface area contributed by atoms with Gasteiger partial charge < -0.3 is 64.4 Å². The zero-order valence-electron chi connectivity index (χ0n) is 37.5. The van der Waals surface area contributed by atoms with Crippen LogP contribution in [0.2, 0.25) is 0 Å². The Bertz CT molecular complexity index is 1340. The van der Waals surface area contributed by atoms with Gasteiger partial charge in [-0.15, -0.1) is 0 Å². The summed E-state index contributed by atoms with van der Waals surface area (Å²) in [5, 5.41) is 5.29. The first-order valence-corrected chi connectivity index (χ1v) is 20.6. The van der Waals surface area contributed by atoms with E-state index in [2.05, 4.69) is 20.6 Å². The molecule has 14 N–H and O–H groups in total. The number of aliphatic imine (C=N–C) groups is 2. The van der Waals surface area contributed by atoms with Crippen LogP contribution in [0, 0.1) is 23.7 Å². The molecule has 0 radical (unpaired) electrons. The maximum atomic E-state index is 13.5. The van der Waals surface area contributed by atoms with E-state index >= 15 is 0 Å². The molecular formula is C40H76N12O8. The van der Waals surface area contributed by atoms with E-state index in [1.165, 1.54) is 23.6 Å². The van der Waals surface area contributed by atoms with Crippen molar-refractivity contribution in [1.82, 2.24) is 20.4 Å². The Kier molecular flexibility index (Phi) is 28.2. The lowest BCUT2D eigenvalue weighted by Crippen LogP contribution is -2.59. The first-order chi connectivity index (χ1) is 27.8. The van der Waals surface area contributed by atoms with Crippen LogP contribution in [0.25, 0.3) is 0 Å². The van der Waals surface area contributed by atoms with Gasteiger partial charge in [0.2, 0.25) is 35.4 Å². The molecule has 0 fully saturated rings. The number of nitrogens with zero attached hydrogens (tertiary/aromatic N) is 4. The van der Waals surface area contributed by atoms with Crippen LogP contribution in [0.5, 0.6) is 0 Å². The third-order valence-corrected chi connectivity index (χ3v) is 8.93. The van der Waals surface area contributed by atoms with E-state index in [9.17, 15) is 38.4 Å². The molecular weight excluding hydrogens is 777 g/mol. The summed E-state index contributed by atoms with van der Waals surface area (Å²) in [6.45, 7) is 18.4. The standard InChI is InChI=1S/2C20H38N6O4/c2*1-12(2)9-16(25-14(5)28)19(30)26(17(18(21)29)10-13(3)4)15(11-27)7-6-8-24-20(22)23/h2*11-13,15-17H,6-10H2,1-5H3,(H2,21,29)(H,25,28)(H4,22,23,24)/t2*15-,16-,17-/m00/s1. The SMILES string of the molecule is CC(=O)N[C@@H](CC(C)C)C(=O)N([C@H](C=O)CCCN=C(N)N)[C@@H](CC(C)C)C(N)=O.CC(=O)N[C@@H](CC(C)C)C(=O)N([C@H](C=O)CCCN=C(N)N)[C@@H](CC(C)C)C(N)=O. The number of nitrogens with two attached hydrogens (primary N) is 6. The van der Waals surface area contributed by atoms with E-state index in [0.29, 0.717) is 51.1 Å². The van der Waals surface area contributed by atoms with E-state index in [1.807, 2.05) is 55.4 Å². The maximum Gasteiger partial charge on any atom is 0.246 e. The summed E-state index contributed by atoms with van der Waals surface area (Å²) < 4.78 is 0. The highest BCUT2D eigenvalue weighted by Crippen LogP contribution is 2.22. The average Bonchev–Trinajstić information content (AvgIpc) is 3.10. The van der Waals surface area contributed by atoms with E-state index in [1.54, 1.807) is 0 Å². The Hall–Kier alpha value is -5.30. The van der Waals surface area contributed by atoms with Gasteiger partial charge in [-0.2, -0.15) is 0 Å². The molecule has 20 nitrogen and oxygen atoms in total. The van der Waals surface area contributed by atoms with Gasteiger partial charge in [-0.05, 0) is 75.0 Å². The third kappa shape index (κ3) is 23.9. The van der Waals surface area contributed by atoms with Crippen molar-refractivity contribution < 1.29 is 38.4 Å². The number of aldehydes is 2. The smallest absolute Gasteiger partial charge is 0.246 e. The average molecular weight is 853 g/mol. The fourth-order valence-corrected chi connectivity index (χ4v) is 6.52. The molecule has 60 heavy (non-hydrogen) atoms. The topological polar surface area (TPSA) is 348 Å². The van der Waals surface area contributed by atoms with Gasteiger partial charge in [0.05, 0.1) is 12.1 Å². The van der Waals surface area contributed by atoms with E-state index < -0.39 is 59.9 Å². The summed E-state index contributed by atoms with van der Waals surface area (Å²) in [5.74, 6) is -2.96. The Balaban J connectivity index is 0. The molecule has 20 heteroatoms. The molecule has 0 aliphatic heterocycles. The zero-order chi connectivity index (χ0) is 46.9. The van der Waals surface area contributed by atoms with Crippen LogP contribution in [-0.2, 0) is 38.4 Å². The Labute approximate surface area is 356 Å². The lowest BCUT2D eigenvalue weighted by atomic mass is 9.95. The molecule has 0 saturated carbocycles. The van der Waals surface area contributed by atoms with Crippen LogP contribution < -0.4 is 45.0 Å². The van der Waals surface area contributed by atoms with E-state index in [4.69, 9.17) is 34.4 Å². The first kappa shape index (κ1) is 56.8. The number of carbonyl (C=O) groups is 8. The van der Waals surface area contributed by atoms with Crippen LogP contribution in [0.1, 0.15) is 121 Å². The zero-order valence-corrected chi connectivity index (χ0v) is 37.5. The van der Waals surface area contributed by atoms with Crippen molar-refractivity contribution in [1.29, 1.82) is 0 Å². The molecule has 344 valence electrons. The Morgan fingerprint density at radius 1 is 0.517 bits per heavy atom. The molecule has 0 bridgehead atoms. The lowest BCUT2D eigenvalue weighted by molar-refractivity contribution is -0.147. The third-order valence-electron chi connectivity index (χ3n) is 8.93. The van der Waals surface area contributed by atoms with Gasteiger partial charge in [-0.25, -0.2) is 0 Å². The Morgan fingerprint density at radius 2 is 0.800 bits per heavy atom. The monoisotopic (exact) mass is 853 g/mol. The summed E-state index contributed by atoms with van der Waals surface area (Å²) in [5.41, 5.74) is 32.5. The lowest BCUT2D eigenvalue weighted by Gasteiger charge is -2.37. The fourth-order valence-electron chi connectivity index (χ4n) is 6.52. The number of nitrogens with one attached hydrogen (secondary N) is 2. The second kappa shape index (κ2) is 29.8. The number of amides is 6. The second-order valence-electron chi connectivity index (χ2n) is 16.7. The number of hydrogen-bond acceptors (Lipinski definition) is 10. The van der Waals surface area contributed by atoms with Gasteiger partial charge in [-0.3, -0.25) is 38.8 Å². The van der Waals surface area contributed by atoms with Gasteiger partial charge >= 0.3 is 0 Å². The van der Waals surface area contributed by atoms with Gasteiger partial charge in [0, 0.05) is 26.9 Å². The van der Waals surface area contributed by atoms with Crippen molar-refractivity contribution in [3.63, 3.8) is 0 Å². The first-order valence-electron chi connectivity index (χ1n) is 20.6. The summed E-state index contributed by atoms with van der Waals surface area (Å²) >= 11 is 0. The van der Waals surface area contributed by atoms with Crippen LogP contribution in [-0.4, -0.2) is 119 Å². The van der Waals surface area contributed by atoms with E-state index in [-0.39, 0.29) is 73.3 Å². The number of carbonyl (C=O) groups excluding carboxylic acids is 8. The van der Waals surface area contributed by atoms with Crippen LogP contribution in [0.15, 0.2) is 9.98 Å². The minimum absolute atomic E-state index is 0.0519. The van der Waals surface area contributed by atoms with Crippen molar-refractivity contribution in [2.75, 3.05) is 13.1 Å². The predicted molar refractivity (Wildman–Crippen MR) is 232 cm³/mol. The van der Waals surface area contributed by atoms with Gasteiger partial charge in [0.15, 0.2) is 11.9 Å². The minimum Gasteiger partial charge on any atom is -0.370 e. The number of primary amides is 2. The van der Waals surface area contributed by atoms with Crippen molar-refractivity contribution in [3.8, 4) is 0 Å². The molecule has 0 saturated heterocycles. The Morgan fingerprint density at radius 3 is 1.00 bits per heavy atom. The highest BCUT2D eigenvalue weighted by atomic mass is 16.2. The molecule has 0 aromatic carbocycles. The van der Waals surface area contributed by atoms with Crippen molar-refractivity contribution in [2.45, 2.75) is 157 Å². The second-order valence-corrected chi connectivity index (χ2v) is 16.7. The molecule has 0 aliphatic carbocycles. The van der Waals surface area contributed by atoms with Gasteiger partial charge in [0.1, 0.15) is 36.7 Å². The highest BCUT2D eigenvalue weighted by molar-refractivity contribution is 5.94. The largest absolute Gasteiger partial charge is 0.370 e. The number of hydrogen-bond donors (Lipinski definition) is 8. The highest BCUT2D eigenvalue weighted by Gasteiger charge is 2.39. The van der Waals surface area contributed by atoms with Crippen LogP contribution in [0.4, 0.5) is 0 Å². The van der Waals surface area contributed by atoms with Crippen molar-refractivity contribution in [3.05, 3.63) is 0 Å². The number of rotatable bonds is 28.